The lowest BCUT2D eigenvalue weighted by Crippen LogP contribution is -2.25. The highest BCUT2D eigenvalue weighted by atomic mass is 16.5. The fraction of sp³-hybridized carbons (Fsp3) is 0.261. The van der Waals surface area contributed by atoms with Crippen molar-refractivity contribution in [3.05, 3.63) is 76.2 Å². The Bertz CT molecular complexity index is 1130. The number of rotatable bonds is 7. The molecule has 0 unspecified atom stereocenters. The van der Waals surface area contributed by atoms with Crippen molar-refractivity contribution in [1.82, 2.24) is 9.97 Å². The number of hydrogen-bond acceptors (Lipinski definition) is 6. The van der Waals surface area contributed by atoms with E-state index in [1.54, 1.807) is 19.1 Å². The Morgan fingerprint density at radius 3 is 2.61 bits per heavy atom. The van der Waals surface area contributed by atoms with Crippen LogP contribution < -0.4 is 25.2 Å². The molecule has 1 amide bonds. The number of amides is 1. The highest BCUT2D eigenvalue weighted by molar-refractivity contribution is 5.97. The smallest absolute Gasteiger partial charge is 0.252 e. The minimum absolute atomic E-state index is 0.0238. The Balaban J connectivity index is 1.50. The number of aromatic amines is 1. The number of nitrogens with zero attached hydrogens (tertiary/aromatic N) is 2. The predicted octanol–water partition coefficient (Wildman–Crippen LogP) is 2.92. The Morgan fingerprint density at radius 2 is 1.87 bits per heavy atom. The number of H-pyrrole nitrogens is 1. The molecule has 2 N–H and O–H groups in total. The molecule has 0 bridgehead atoms. The van der Waals surface area contributed by atoms with Crippen molar-refractivity contribution in [1.29, 1.82) is 0 Å². The first kappa shape index (κ1) is 20.5. The van der Waals surface area contributed by atoms with Crippen LogP contribution in [0.2, 0.25) is 0 Å². The van der Waals surface area contributed by atoms with E-state index in [2.05, 4.69) is 15.3 Å². The van der Waals surface area contributed by atoms with E-state index in [9.17, 15) is 9.59 Å². The van der Waals surface area contributed by atoms with Gasteiger partial charge in [0, 0.05) is 31.5 Å². The van der Waals surface area contributed by atoms with Gasteiger partial charge in [-0.2, -0.15) is 0 Å². The SMILES string of the molecule is COc1ccc(CNc2nc([C@H]3CC(=O)N(c4ccccc4OC)C3)cc(=O)[nH]2)cc1. The monoisotopic (exact) mass is 420 g/mol. The number of aromatic nitrogens is 2. The van der Waals surface area contributed by atoms with Gasteiger partial charge >= 0.3 is 0 Å². The molecule has 1 atom stereocenters. The van der Waals surface area contributed by atoms with Gasteiger partial charge < -0.3 is 19.7 Å². The average Bonchev–Trinajstić information content (AvgIpc) is 3.19. The van der Waals surface area contributed by atoms with Crippen molar-refractivity contribution in [2.24, 2.45) is 0 Å². The molecule has 1 aliphatic heterocycles. The van der Waals surface area contributed by atoms with Crippen molar-refractivity contribution in [2.45, 2.75) is 18.9 Å². The van der Waals surface area contributed by atoms with Crippen molar-refractivity contribution in [3.63, 3.8) is 0 Å². The normalized spacial score (nSPS) is 15.7. The van der Waals surface area contributed by atoms with Crippen LogP contribution in [0.5, 0.6) is 11.5 Å². The number of nitrogens with one attached hydrogen (secondary N) is 2. The molecule has 31 heavy (non-hydrogen) atoms. The van der Waals surface area contributed by atoms with E-state index in [0.29, 0.717) is 30.5 Å². The highest BCUT2D eigenvalue weighted by Gasteiger charge is 2.34. The van der Waals surface area contributed by atoms with Crippen LogP contribution in [0.4, 0.5) is 11.6 Å². The first-order valence-corrected chi connectivity index (χ1v) is 9.99. The Hall–Kier alpha value is -3.81. The number of ether oxygens (including phenoxy) is 2. The van der Waals surface area contributed by atoms with E-state index < -0.39 is 0 Å². The number of methoxy groups -OCH3 is 2. The number of benzene rings is 2. The largest absolute Gasteiger partial charge is 0.497 e. The second kappa shape index (κ2) is 8.91. The molecule has 4 rings (SSSR count). The van der Waals surface area contributed by atoms with Crippen LogP contribution in [0.15, 0.2) is 59.4 Å². The molecule has 0 aliphatic carbocycles. The summed E-state index contributed by atoms with van der Waals surface area (Å²) in [6, 6.07) is 16.5. The molecule has 1 saturated heterocycles. The standard InChI is InChI=1S/C23H24N4O4/c1-30-17-9-7-15(8-10-17)13-24-23-25-18(12-21(28)26-23)16-11-22(29)27(14-16)19-5-3-4-6-20(19)31-2/h3-10,12,16H,11,13-14H2,1-2H3,(H2,24,25,26,28)/t16-/m0/s1. The minimum Gasteiger partial charge on any atom is -0.497 e. The Morgan fingerprint density at radius 1 is 1.10 bits per heavy atom. The quantitative estimate of drug-likeness (QED) is 0.610. The summed E-state index contributed by atoms with van der Waals surface area (Å²) in [5.41, 5.74) is 2.07. The van der Waals surface area contributed by atoms with Crippen molar-refractivity contribution in [3.8, 4) is 11.5 Å². The minimum atomic E-state index is -0.259. The van der Waals surface area contributed by atoms with Gasteiger partial charge in [-0.3, -0.25) is 14.6 Å². The van der Waals surface area contributed by atoms with E-state index >= 15 is 0 Å². The maximum absolute atomic E-state index is 12.7. The molecule has 8 heteroatoms. The van der Waals surface area contributed by atoms with Crippen molar-refractivity contribution in [2.75, 3.05) is 31.0 Å². The predicted molar refractivity (Wildman–Crippen MR) is 118 cm³/mol. The Kier molecular flexibility index (Phi) is 5.88. The molecule has 8 nitrogen and oxygen atoms in total. The second-order valence-electron chi connectivity index (χ2n) is 7.30. The molecule has 160 valence electrons. The molecule has 3 aromatic rings. The van der Waals surface area contributed by atoms with Crippen LogP contribution in [0.1, 0.15) is 23.6 Å². The molecule has 0 radical (unpaired) electrons. The van der Waals surface area contributed by atoms with E-state index in [1.807, 2.05) is 48.5 Å². The van der Waals surface area contributed by atoms with Gasteiger partial charge in [-0.05, 0) is 29.8 Å². The number of carbonyl (C=O) groups is 1. The molecule has 0 spiro atoms. The summed E-state index contributed by atoms with van der Waals surface area (Å²) in [5.74, 6) is 1.59. The zero-order valence-electron chi connectivity index (χ0n) is 17.4. The average molecular weight is 420 g/mol. The van der Waals surface area contributed by atoms with Gasteiger partial charge in [0.15, 0.2) is 0 Å². The highest BCUT2D eigenvalue weighted by Crippen LogP contribution is 2.35. The lowest BCUT2D eigenvalue weighted by Gasteiger charge is -2.19. The van der Waals surface area contributed by atoms with E-state index in [1.165, 1.54) is 6.07 Å². The number of hydrogen-bond donors (Lipinski definition) is 2. The second-order valence-corrected chi connectivity index (χ2v) is 7.30. The summed E-state index contributed by atoms with van der Waals surface area (Å²) in [7, 11) is 3.20. The summed E-state index contributed by atoms with van der Waals surface area (Å²) in [5, 5.41) is 3.15. The third-order valence-corrected chi connectivity index (χ3v) is 5.30. The molecule has 1 fully saturated rings. The molecule has 1 aliphatic rings. The number of para-hydroxylation sites is 2. The number of anilines is 2. The van der Waals surface area contributed by atoms with E-state index in [0.717, 1.165) is 17.0 Å². The first-order chi connectivity index (χ1) is 15.1. The van der Waals surface area contributed by atoms with E-state index in [4.69, 9.17) is 9.47 Å². The maximum Gasteiger partial charge on any atom is 0.252 e. The topological polar surface area (TPSA) is 96.5 Å². The third-order valence-electron chi connectivity index (χ3n) is 5.30. The van der Waals surface area contributed by atoms with Crippen molar-refractivity contribution >= 4 is 17.5 Å². The summed E-state index contributed by atoms with van der Waals surface area (Å²) >= 11 is 0. The molecule has 2 aromatic carbocycles. The fourth-order valence-corrected chi connectivity index (χ4v) is 3.69. The lowest BCUT2D eigenvalue weighted by molar-refractivity contribution is -0.117. The fourth-order valence-electron chi connectivity index (χ4n) is 3.69. The summed E-state index contributed by atoms with van der Waals surface area (Å²) in [6.45, 7) is 0.931. The van der Waals surface area contributed by atoms with Gasteiger partial charge in [0.2, 0.25) is 11.9 Å². The molecule has 1 aromatic heterocycles. The first-order valence-electron chi connectivity index (χ1n) is 9.99. The van der Waals surface area contributed by atoms with E-state index in [-0.39, 0.29) is 23.8 Å². The molecular weight excluding hydrogens is 396 g/mol. The van der Waals surface area contributed by atoms with Gasteiger partial charge in [0.1, 0.15) is 11.5 Å². The zero-order valence-corrected chi connectivity index (χ0v) is 17.4. The molecule has 2 heterocycles. The van der Waals surface area contributed by atoms with Gasteiger partial charge in [-0.15, -0.1) is 0 Å². The van der Waals surface area contributed by atoms with Crippen LogP contribution in [-0.2, 0) is 11.3 Å². The van der Waals surface area contributed by atoms with Crippen LogP contribution in [0, 0.1) is 0 Å². The van der Waals surface area contributed by atoms with Gasteiger partial charge in [-0.25, -0.2) is 4.98 Å². The zero-order chi connectivity index (χ0) is 21.8. The summed E-state index contributed by atoms with van der Waals surface area (Å²) in [4.78, 5) is 33.9. The number of carbonyl (C=O) groups excluding carboxylic acids is 1. The maximum atomic E-state index is 12.7. The third kappa shape index (κ3) is 4.53. The van der Waals surface area contributed by atoms with Crippen LogP contribution in [-0.4, -0.2) is 36.6 Å². The Labute approximate surface area is 179 Å². The van der Waals surface area contributed by atoms with Gasteiger partial charge in [0.05, 0.1) is 25.6 Å². The van der Waals surface area contributed by atoms with Crippen LogP contribution in [0.25, 0.3) is 0 Å². The summed E-state index contributed by atoms with van der Waals surface area (Å²) in [6.07, 6.45) is 0.284. The van der Waals surface area contributed by atoms with Gasteiger partial charge in [-0.1, -0.05) is 24.3 Å². The summed E-state index contributed by atoms with van der Waals surface area (Å²) < 4.78 is 10.6. The molecular formula is C23H24N4O4. The van der Waals surface area contributed by atoms with Crippen LogP contribution in [0.3, 0.4) is 0 Å². The van der Waals surface area contributed by atoms with Gasteiger partial charge in [0.25, 0.3) is 5.56 Å². The molecule has 0 saturated carbocycles. The lowest BCUT2D eigenvalue weighted by atomic mass is 10.0. The van der Waals surface area contributed by atoms with Crippen molar-refractivity contribution < 1.29 is 14.3 Å². The van der Waals surface area contributed by atoms with Crippen LogP contribution >= 0.6 is 0 Å².